The van der Waals surface area contributed by atoms with Crippen LogP contribution >= 0.6 is 11.6 Å². The van der Waals surface area contributed by atoms with Crippen molar-refractivity contribution in [2.75, 3.05) is 7.05 Å². The van der Waals surface area contributed by atoms with E-state index < -0.39 is 6.10 Å². The van der Waals surface area contributed by atoms with E-state index in [1.165, 1.54) is 0 Å². The van der Waals surface area contributed by atoms with Crippen molar-refractivity contribution in [3.05, 3.63) is 34.9 Å². The Labute approximate surface area is 83.5 Å². The molecule has 0 aliphatic rings. The second-order valence-electron chi connectivity index (χ2n) is 3.04. The van der Waals surface area contributed by atoms with Crippen LogP contribution in [0, 0.1) is 0 Å². The van der Waals surface area contributed by atoms with E-state index in [9.17, 15) is 5.11 Å². The second-order valence-corrected chi connectivity index (χ2v) is 3.45. The highest BCUT2D eigenvalue weighted by Gasteiger charge is 2.16. The van der Waals surface area contributed by atoms with Crippen molar-refractivity contribution in [2.24, 2.45) is 0 Å². The van der Waals surface area contributed by atoms with Crippen molar-refractivity contribution in [1.29, 1.82) is 0 Å². The smallest absolute Gasteiger partial charge is 0.0954 e. The van der Waals surface area contributed by atoms with Crippen LogP contribution < -0.4 is 5.32 Å². The Hall–Kier alpha value is -0.570. The average molecular weight is 200 g/mol. The van der Waals surface area contributed by atoms with E-state index in [1.54, 1.807) is 6.07 Å². The summed E-state index contributed by atoms with van der Waals surface area (Å²) >= 11 is 5.93. The zero-order valence-corrected chi connectivity index (χ0v) is 8.55. The monoisotopic (exact) mass is 199 g/mol. The van der Waals surface area contributed by atoms with Gasteiger partial charge in [0, 0.05) is 16.6 Å². The van der Waals surface area contributed by atoms with Crippen LogP contribution in [-0.4, -0.2) is 18.2 Å². The minimum atomic E-state index is -0.557. The maximum Gasteiger partial charge on any atom is 0.0954 e. The predicted molar refractivity (Wildman–Crippen MR) is 54.9 cm³/mol. The Balaban J connectivity index is 2.88. The molecule has 72 valence electrons. The summed E-state index contributed by atoms with van der Waals surface area (Å²) in [5.74, 6) is 0. The van der Waals surface area contributed by atoms with Crippen molar-refractivity contribution >= 4 is 11.6 Å². The summed E-state index contributed by atoms with van der Waals surface area (Å²) < 4.78 is 0. The standard InChI is InChI=1S/C10H14ClNO/c1-7(12-2)10(13)8-5-3-4-6-9(8)11/h3-7,10,12-13H,1-2H3. The number of rotatable bonds is 3. The van der Waals surface area contributed by atoms with E-state index in [2.05, 4.69) is 5.32 Å². The molecule has 0 spiro atoms. The lowest BCUT2D eigenvalue weighted by Crippen LogP contribution is -2.28. The molecule has 3 heteroatoms. The van der Waals surface area contributed by atoms with Gasteiger partial charge in [0.2, 0.25) is 0 Å². The average Bonchev–Trinajstić information content (AvgIpc) is 2.16. The first-order valence-electron chi connectivity index (χ1n) is 4.26. The molecule has 2 nitrogen and oxygen atoms in total. The minimum Gasteiger partial charge on any atom is -0.387 e. The molecule has 0 heterocycles. The fourth-order valence-corrected chi connectivity index (χ4v) is 1.39. The Morgan fingerprint density at radius 1 is 1.38 bits per heavy atom. The van der Waals surface area contributed by atoms with Crippen LogP contribution in [0.1, 0.15) is 18.6 Å². The minimum absolute atomic E-state index is 0.0000926. The Morgan fingerprint density at radius 2 is 2.00 bits per heavy atom. The molecule has 0 radical (unpaired) electrons. The van der Waals surface area contributed by atoms with Crippen LogP contribution in [0.2, 0.25) is 5.02 Å². The van der Waals surface area contributed by atoms with Crippen molar-refractivity contribution in [1.82, 2.24) is 5.32 Å². The number of likely N-dealkylation sites (N-methyl/N-ethyl adjacent to an activating group) is 1. The molecule has 0 bridgehead atoms. The largest absolute Gasteiger partial charge is 0.387 e. The fraction of sp³-hybridized carbons (Fsp3) is 0.400. The first-order valence-corrected chi connectivity index (χ1v) is 4.64. The van der Waals surface area contributed by atoms with E-state index >= 15 is 0 Å². The second kappa shape index (κ2) is 4.61. The highest BCUT2D eigenvalue weighted by atomic mass is 35.5. The molecule has 13 heavy (non-hydrogen) atoms. The van der Waals surface area contributed by atoms with Gasteiger partial charge >= 0.3 is 0 Å². The number of aliphatic hydroxyl groups is 1. The highest BCUT2D eigenvalue weighted by molar-refractivity contribution is 6.31. The lowest BCUT2D eigenvalue weighted by Gasteiger charge is -2.19. The lowest BCUT2D eigenvalue weighted by molar-refractivity contribution is 0.140. The van der Waals surface area contributed by atoms with Crippen molar-refractivity contribution < 1.29 is 5.11 Å². The van der Waals surface area contributed by atoms with E-state index in [-0.39, 0.29) is 6.04 Å². The SMILES string of the molecule is CNC(C)C(O)c1ccccc1Cl. The Kier molecular flexibility index (Phi) is 3.72. The van der Waals surface area contributed by atoms with Gasteiger partial charge in [-0.1, -0.05) is 29.8 Å². The maximum absolute atomic E-state index is 9.82. The summed E-state index contributed by atoms with van der Waals surface area (Å²) in [6.07, 6.45) is -0.557. The van der Waals surface area contributed by atoms with Gasteiger partial charge in [-0.2, -0.15) is 0 Å². The highest BCUT2D eigenvalue weighted by Crippen LogP contribution is 2.24. The molecule has 2 atom stereocenters. The third kappa shape index (κ3) is 2.44. The molecule has 0 aromatic heterocycles. The summed E-state index contributed by atoms with van der Waals surface area (Å²) in [5, 5.41) is 13.4. The Morgan fingerprint density at radius 3 is 2.54 bits per heavy atom. The fourth-order valence-electron chi connectivity index (χ4n) is 1.14. The summed E-state index contributed by atoms with van der Waals surface area (Å²) in [5.41, 5.74) is 0.769. The zero-order chi connectivity index (χ0) is 9.84. The van der Waals surface area contributed by atoms with E-state index in [4.69, 9.17) is 11.6 Å². The molecule has 1 rings (SSSR count). The van der Waals surface area contributed by atoms with Gasteiger partial charge in [0.05, 0.1) is 6.10 Å². The number of aliphatic hydroxyl groups excluding tert-OH is 1. The first-order chi connectivity index (χ1) is 6.16. The van der Waals surface area contributed by atoms with Crippen molar-refractivity contribution in [2.45, 2.75) is 19.1 Å². The molecule has 2 unspecified atom stereocenters. The van der Waals surface area contributed by atoms with Crippen molar-refractivity contribution in [3.63, 3.8) is 0 Å². The molecule has 0 saturated carbocycles. The molecule has 1 aromatic rings. The van der Waals surface area contributed by atoms with Crippen LogP contribution in [0.5, 0.6) is 0 Å². The predicted octanol–water partition coefficient (Wildman–Crippen LogP) is 1.98. The van der Waals surface area contributed by atoms with E-state index in [0.29, 0.717) is 5.02 Å². The number of nitrogens with one attached hydrogen (secondary N) is 1. The van der Waals surface area contributed by atoms with Gasteiger partial charge in [-0.15, -0.1) is 0 Å². The topological polar surface area (TPSA) is 32.3 Å². The van der Waals surface area contributed by atoms with Gasteiger partial charge in [0.25, 0.3) is 0 Å². The van der Waals surface area contributed by atoms with E-state index in [1.807, 2.05) is 32.2 Å². The van der Waals surface area contributed by atoms with Crippen LogP contribution in [0.15, 0.2) is 24.3 Å². The summed E-state index contributed by atoms with van der Waals surface area (Å²) in [7, 11) is 1.81. The quantitative estimate of drug-likeness (QED) is 0.781. The van der Waals surface area contributed by atoms with Gasteiger partial charge in [0.15, 0.2) is 0 Å². The molecule has 2 N–H and O–H groups in total. The number of benzene rings is 1. The first kappa shape index (κ1) is 10.5. The molecular weight excluding hydrogens is 186 g/mol. The summed E-state index contributed by atoms with van der Waals surface area (Å²) in [6.45, 7) is 1.91. The normalized spacial score (nSPS) is 15.4. The van der Waals surface area contributed by atoms with Crippen LogP contribution in [0.4, 0.5) is 0 Å². The van der Waals surface area contributed by atoms with Gasteiger partial charge in [-0.05, 0) is 20.0 Å². The van der Waals surface area contributed by atoms with Gasteiger partial charge in [-0.3, -0.25) is 0 Å². The van der Waals surface area contributed by atoms with Crippen LogP contribution in [-0.2, 0) is 0 Å². The molecule has 1 aromatic carbocycles. The summed E-state index contributed by atoms with van der Waals surface area (Å²) in [6, 6.07) is 7.33. The zero-order valence-electron chi connectivity index (χ0n) is 7.79. The van der Waals surface area contributed by atoms with Gasteiger partial charge < -0.3 is 10.4 Å². The van der Waals surface area contributed by atoms with E-state index in [0.717, 1.165) is 5.56 Å². The maximum atomic E-state index is 9.82. The Bertz CT molecular complexity index is 277. The molecule has 0 saturated heterocycles. The van der Waals surface area contributed by atoms with Crippen LogP contribution in [0.3, 0.4) is 0 Å². The molecule has 0 amide bonds. The summed E-state index contributed by atoms with van der Waals surface area (Å²) in [4.78, 5) is 0. The number of hydrogen-bond acceptors (Lipinski definition) is 2. The van der Waals surface area contributed by atoms with Gasteiger partial charge in [-0.25, -0.2) is 0 Å². The number of hydrogen-bond donors (Lipinski definition) is 2. The van der Waals surface area contributed by atoms with Crippen molar-refractivity contribution in [3.8, 4) is 0 Å². The van der Waals surface area contributed by atoms with Gasteiger partial charge in [0.1, 0.15) is 0 Å². The lowest BCUT2D eigenvalue weighted by atomic mass is 10.0. The molecule has 0 fully saturated rings. The third-order valence-corrected chi connectivity index (χ3v) is 2.50. The molecule has 0 aliphatic heterocycles. The van der Waals surface area contributed by atoms with Crippen LogP contribution in [0.25, 0.3) is 0 Å². The third-order valence-electron chi connectivity index (χ3n) is 2.15. The molecule has 0 aliphatic carbocycles. The molecular formula is C10H14ClNO. The number of halogens is 1.